The van der Waals surface area contributed by atoms with Crippen molar-refractivity contribution in [3.63, 3.8) is 0 Å². The van der Waals surface area contributed by atoms with Gasteiger partial charge >= 0.3 is 12.2 Å². The molecular formula is C23H32F3N3O. The van der Waals surface area contributed by atoms with E-state index in [-0.39, 0.29) is 11.8 Å². The van der Waals surface area contributed by atoms with E-state index in [0.717, 1.165) is 63.1 Å². The van der Waals surface area contributed by atoms with E-state index in [0.29, 0.717) is 12.3 Å². The number of halogens is 3. The van der Waals surface area contributed by atoms with Crippen molar-refractivity contribution in [2.75, 3.05) is 18.6 Å². The first-order valence-corrected chi connectivity index (χ1v) is 10.8. The Balaban J connectivity index is 2.29. The van der Waals surface area contributed by atoms with E-state index < -0.39 is 11.7 Å². The van der Waals surface area contributed by atoms with Gasteiger partial charge in [0.1, 0.15) is 5.56 Å². The zero-order valence-corrected chi connectivity index (χ0v) is 18.1. The normalized spacial score (nSPS) is 11.5. The fraction of sp³-hybridized carbons (Fsp3) is 0.565. The van der Waals surface area contributed by atoms with Crippen molar-refractivity contribution in [2.24, 2.45) is 0 Å². The summed E-state index contributed by atoms with van der Waals surface area (Å²) >= 11 is 0. The van der Waals surface area contributed by atoms with Crippen LogP contribution in [0.5, 0.6) is 6.01 Å². The third kappa shape index (κ3) is 6.89. The number of para-hydroxylation sites is 1. The van der Waals surface area contributed by atoms with Gasteiger partial charge in [-0.1, -0.05) is 64.2 Å². The standard InChI is InChI=1S/C23H32F3N3O/c1-4-6-8-12-16-30-22-27-17-19(23(24,25)26)21(28-22)29(3)20-15-11-10-14-18(20)13-9-7-5-2/h10-11,14-15,17H,4-9,12-13,16H2,1-3H3. The zero-order chi connectivity index (χ0) is 22.0. The van der Waals surface area contributed by atoms with E-state index in [1.165, 1.54) is 4.90 Å². The minimum atomic E-state index is -4.56. The summed E-state index contributed by atoms with van der Waals surface area (Å²) in [5.74, 6) is -0.191. The first kappa shape index (κ1) is 24.0. The molecule has 166 valence electrons. The summed E-state index contributed by atoms with van der Waals surface area (Å²) in [5.41, 5.74) is 0.848. The Morgan fingerprint density at radius 1 is 0.967 bits per heavy atom. The fourth-order valence-corrected chi connectivity index (χ4v) is 3.30. The van der Waals surface area contributed by atoms with E-state index in [2.05, 4.69) is 23.8 Å². The molecule has 0 unspecified atom stereocenters. The second-order valence-electron chi connectivity index (χ2n) is 7.44. The van der Waals surface area contributed by atoms with Crippen LogP contribution < -0.4 is 9.64 Å². The molecule has 0 fully saturated rings. The molecule has 1 aromatic carbocycles. The number of anilines is 2. The lowest BCUT2D eigenvalue weighted by atomic mass is 10.0. The number of hydrogen-bond acceptors (Lipinski definition) is 4. The van der Waals surface area contributed by atoms with Crippen molar-refractivity contribution in [3.8, 4) is 6.01 Å². The minimum absolute atomic E-state index is 0.0233. The Morgan fingerprint density at radius 2 is 1.67 bits per heavy atom. The van der Waals surface area contributed by atoms with Gasteiger partial charge in [-0.25, -0.2) is 4.98 Å². The van der Waals surface area contributed by atoms with Gasteiger partial charge in [0.15, 0.2) is 5.82 Å². The third-order valence-electron chi connectivity index (χ3n) is 5.00. The van der Waals surface area contributed by atoms with Crippen molar-refractivity contribution in [2.45, 2.75) is 71.4 Å². The molecule has 0 N–H and O–H groups in total. The van der Waals surface area contributed by atoms with E-state index in [9.17, 15) is 13.2 Å². The van der Waals surface area contributed by atoms with Crippen LogP contribution in [-0.4, -0.2) is 23.6 Å². The lowest BCUT2D eigenvalue weighted by Gasteiger charge is -2.25. The lowest BCUT2D eigenvalue weighted by molar-refractivity contribution is -0.137. The van der Waals surface area contributed by atoms with Crippen molar-refractivity contribution in [3.05, 3.63) is 41.6 Å². The largest absolute Gasteiger partial charge is 0.463 e. The molecule has 1 heterocycles. The second kappa shape index (κ2) is 11.8. The van der Waals surface area contributed by atoms with E-state index in [4.69, 9.17) is 4.74 Å². The van der Waals surface area contributed by atoms with Crippen LogP contribution >= 0.6 is 0 Å². The van der Waals surface area contributed by atoms with Gasteiger partial charge in [0, 0.05) is 18.9 Å². The van der Waals surface area contributed by atoms with Crippen molar-refractivity contribution in [1.29, 1.82) is 0 Å². The van der Waals surface area contributed by atoms with Crippen molar-refractivity contribution >= 4 is 11.5 Å². The highest BCUT2D eigenvalue weighted by Crippen LogP contribution is 2.38. The monoisotopic (exact) mass is 423 g/mol. The van der Waals surface area contributed by atoms with Crippen LogP contribution in [-0.2, 0) is 12.6 Å². The fourth-order valence-electron chi connectivity index (χ4n) is 3.30. The summed E-state index contributed by atoms with van der Waals surface area (Å²) in [5, 5.41) is 0. The van der Waals surface area contributed by atoms with Gasteiger partial charge in [-0.05, 0) is 30.9 Å². The highest BCUT2D eigenvalue weighted by Gasteiger charge is 2.37. The molecule has 0 aliphatic heterocycles. The molecule has 2 rings (SSSR count). The molecular weight excluding hydrogens is 391 g/mol. The number of rotatable bonds is 12. The number of nitrogens with zero attached hydrogens (tertiary/aromatic N) is 3. The highest BCUT2D eigenvalue weighted by molar-refractivity contribution is 5.66. The van der Waals surface area contributed by atoms with Gasteiger partial charge in [-0.2, -0.15) is 18.2 Å². The van der Waals surface area contributed by atoms with E-state index in [1.54, 1.807) is 7.05 Å². The summed E-state index contributed by atoms with van der Waals surface area (Å²) in [4.78, 5) is 9.44. The van der Waals surface area contributed by atoms with E-state index in [1.807, 2.05) is 24.3 Å². The number of benzene rings is 1. The smallest absolute Gasteiger partial charge is 0.421 e. The van der Waals surface area contributed by atoms with E-state index >= 15 is 0 Å². The Morgan fingerprint density at radius 3 is 2.37 bits per heavy atom. The Bertz CT molecular complexity index is 781. The molecule has 0 radical (unpaired) electrons. The molecule has 0 saturated heterocycles. The second-order valence-corrected chi connectivity index (χ2v) is 7.44. The van der Waals surface area contributed by atoms with Crippen LogP contribution in [0.2, 0.25) is 0 Å². The molecule has 1 aromatic heterocycles. The Kier molecular flexibility index (Phi) is 9.40. The predicted octanol–water partition coefficient (Wildman–Crippen LogP) is 6.96. The SMILES string of the molecule is CCCCCCOc1ncc(C(F)(F)F)c(N(C)c2ccccc2CCCCC)n1. The quantitative estimate of drug-likeness (QED) is 0.346. The first-order chi connectivity index (χ1) is 14.4. The maximum atomic E-state index is 13.6. The summed E-state index contributed by atoms with van der Waals surface area (Å²) in [6.07, 6.45) is 4.25. The molecule has 0 saturated carbocycles. The molecule has 0 bridgehead atoms. The Hall–Kier alpha value is -2.31. The Labute approximate surface area is 177 Å². The van der Waals surface area contributed by atoms with Gasteiger partial charge < -0.3 is 9.64 Å². The molecule has 7 heteroatoms. The van der Waals surface area contributed by atoms with Crippen molar-refractivity contribution < 1.29 is 17.9 Å². The van der Waals surface area contributed by atoms with Gasteiger partial charge in [-0.15, -0.1) is 0 Å². The average molecular weight is 424 g/mol. The number of hydrogen-bond donors (Lipinski definition) is 0. The molecule has 0 amide bonds. The number of aryl methyl sites for hydroxylation is 1. The maximum Gasteiger partial charge on any atom is 0.421 e. The number of unbranched alkanes of at least 4 members (excludes halogenated alkanes) is 5. The summed E-state index contributed by atoms with van der Waals surface area (Å²) in [7, 11) is 1.61. The molecule has 2 aromatic rings. The van der Waals surface area contributed by atoms with Crippen molar-refractivity contribution in [1.82, 2.24) is 9.97 Å². The number of alkyl halides is 3. The van der Waals surface area contributed by atoms with Gasteiger partial charge in [-0.3, -0.25) is 0 Å². The summed E-state index contributed by atoms with van der Waals surface area (Å²) in [6.45, 7) is 4.63. The van der Waals surface area contributed by atoms with Crippen LogP contribution in [0.1, 0.15) is 69.9 Å². The lowest BCUT2D eigenvalue weighted by Crippen LogP contribution is -2.20. The highest BCUT2D eigenvalue weighted by atomic mass is 19.4. The zero-order valence-electron chi connectivity index (χ0n) is 18.1. The van der Waals surface area contributed by atoms with Crippen LogP contribution in [0, 0.1) is 0 Å². The summed E-state index contributed by atoms with van der Waals surface area (Å²) < 4.78 is 46.5. The number of aromatic nitrogens is 2. The third-order valence-corrected chi connectivity index (χ3v) is 5.00. The van der Waals surface area contributed by atoms with Gasteiger partial charge in [0.05, 0.1) is 6.61 Å². The molecule has 0 aliphatic carbocycles. The molecule has 0 atom stereocenters. The first-order valence-electron chi connectivity index (χ1n) is 10.8. The molecule has 4 nitrogen and oxygen atoms in total. The number of ether oxygens (including phenoxy) is 1. The van der Waals surface area contributed by atoms with Crippen LogP contribution in [0.25, 0.3) is 0 Å². The molecule has 30 heavy (non-hydrogen) atoms. The maximum absolute atomic E-state index is 13.6. The topological polar surface area (TPSA) is 38.2 Å². The molecule has 0 aliphatic rings. The predicted molar refractivity (Wildman–Crippen MR) is 114 cm³/mol. The van der Waals surface area contributed by atoms with Gasteiger partial charge in [0.25, 0.3) is 0 Å². The summed E-state index contributed by atoms with van der Waals surface area (Å²) in [6, 6.07) is 7.50. The van der Waals surface area contributed by atoms with Gasteiger partial charge in [0.2, 0.25) is 0 Å². The van der Waals surface area contributed by atoms with Crippen LogP contribution in [0.3, 0.4) is 0 Å². The van der Waals surface area contributed by atoms with Crippen LogP contribution in [0.4, 0.5) is 24.7 Å². The molecule has 0 spiro atoms. The minimum Gasteiger partial charge on any atom is -0.463 e. The average Bonchev–Trinajstić information content (AvgIpc) is 2.73. The van der Waals surface area contributed by atoms with Crippen LogP contribution in [0.15, 0.2) is 30.5 Å².